The van der Waals surface area contributed by atoms with Crippen LogP contribution in [0.15, 0.2) is 4.34 Å². The maximum Gasteiger partial charge on any atom is 0.233 e. The van der Waals surface area contributed by atoms with Crippen molar-refractivity contribution >= 4 is 34.1 Å². The van der Waals surface area contributed by atoms with Crippen LogP contribution in [-0.2, 0) is 4.79 Å². The van der Waals surface area contributed by atoms with Crippen LogP contribution in [0.5, 0.6) is 0 Å². The molecule has 7 heteroatoms. The molecule has 5 nitrogen and oxygen atoms in total. The molecule has 0 aromatic carbocycles. The largest absolute Gasteiger partial charge is 0.355 e. The zero-order valence-electron chi connectivity index (χ0n) is 11.5. The minimum absolute atomic E-state index is 0.0266. The van der Waals surface area contributed by atoms with E-state index >= 15 is 0 Å². The van der Waals surface area contributed by atoms with E-state index in [4.69, 9.17) is 0 Å². The molecular formula is C12H20N4OS2. The number of rotatable bonds is 3. The Bertz CT molecular complexity index is 441. The van der Waals surface area contributed by atoms with Gasteiger partial charge >= 0.3 is 0 Å². The third kappa shape index (κ3) is 4.65. The average Bonchev–Trinajstić information content (AvgIpc) is 2.61. The van der Waals surface area contributed by atoms with E-state index in [0.29, 0.717) is 0 Å². The van der Waals surface area contributed by atoms with Gasteiger partial charge in [-0.15, -0.1) is 10.2 Å². The van der Waals surface area contributed by atoms with Crippen molar-refractivity contribution < 1.29 is 4.79 Å². The highest BCUT2D eigenvalue weighted by atomic mass is 32.2. The van der Waals surface area contributed by atoms with Crippen molar-refractivity contribution in [2.24, 2.45) is 0 Å². The summed E-state index contributed by atoms with van der Waals surface area (Å²) < 4.78 is 0.855. The lowest BCUT2D eigenvalue weighted by atomic mass is 10.1. The Kier molecular flexibility index (Phi) is 4.67. The number of anilines is 1. The Labute approximate surface area is 122 Å². The van der Waals surface area contributed by atoms with Gasteiger partial charge in [-0.25, -0.2) is 0 Å². The van der Waals surface area contributed by atoms with E-state index in [0.717, 1.165) is 35.3 Å². The molecule has 106 valence electrons. The molecule has 1 aromatic heterocycles. The molecule has 2 heterocycles. The van der Waals surface area contributed by atoms with Crippen molar-refractivity contribution in [2.45, 2.75) is 55.2 Å². The number of aromatic nitrogens is 2. The number of nitrogens with one attached hydrogen (secondary N) is 2. The summed E-state index contributed by atoms with van der Waals surface area (Å²) in [5.74, 6) is 0.128. The summed E-state index contributed by atoms with van der Waals surface area (Å²) in [6.45, 7) is 7.04. The molecule has 0 saturated carbocycles. The Morgan fingerprint density at radius 3 is 2.89 bits per heavy atom. The van der Waals surface area contributed by atoms with E-state index in [1.54, 1.807) is 0 Å². The molecule has 0 spiro atoms. The Balaban J connectivity index is 1.97. The zero-order valence-corrected chi connectivity index (χ0v) is 13.2. The van der Waals surface area contributed by atoms with Gasteiger partial charge in [-0.3, -0.25) is 4.79 Å². The molecule has 2 N–H and O–H groups in total. The quantitative estimate of drug-likeness (QED) is 0.898. The Hall–Kier alpha value is -0.820. The van der Waals surface area contributed by atoms with Crippen LogP contribution in [-0.4, -0.2) is 33.4 Å². The van der Waals surface area contributed by atoms with E-state index in [-0.39, 0.29) is 16.7 Å². The average molecular weight is 300 g/mol. The maximum atomic E-state index is 11.9. The lowest BCUT2D eigenvalue weighted by Gasteiger charge is -2.18. The van der Waals surface area contributed by atoms with Crippen molar-refractivity contribution in [3.05, 3.63) is 0 Å². The van der Waals surface area contributed by atoms with Crippen LogP contribution in [0.4, 0.5) is 5.13 Å². The summed E-state index contributed by atoms with van der Waals surface area (Å²) in [6.07, 6.45) is 3.07. The van der Waals surface area contributed by atoms with Crippen LogP contribution >= 0.6 is 23.1 Å². The van der Waals surface area contributed by atoms with Gasteiger partial charge in [-0.1, -0.05) is 29.5 Å². The third-order valence-corrected chi connectivity index (χ3v) is 4.81. The molecule has 0 bridgehead atoms. The molecule has 1 saturated heterocycles. The molecule has 1 fully saturated rings. The number of nitrogens with zero attached hydrogens (tertiary/aromatic N) is 2. The third-order valence-electron chi connectivity index (χ3n) is 2.62. The van der Waals surface area contributed by atoms with Gasteiger partial charge in [-0.05, 0) is 33.6 Å². The summed E-state index contributed by atoms with van der Waals surface area (Å²) in [5.41, 5.74) is -0.0266. The second kappa shape index (κ2) is 6.09. The molecule has 2 rings (SSSR count). The van der Waals surface area contributed by atoms with Crippen LogP contribution < -0.4 is 10.6 Å². The van der Waals surface area contributed by atoms with Gasteiger partial charge in [-0.2, -0.15) is 0 Å². The molecule has 1 amide bonds. The highest BCUT2D eigenvalue weighted by molar-refractivity contribution is 8.02. The van der Waals surface area contributed by atoms with Gasteiger partial charge in [0.25, 0.3) is 0 Å². The highest BCUT2D eigenvalue weighted by Crippen LogP contribution is 2.32. The minimum Gasteiger partial charge on any atom is -0.355 e. The maximum absolute atomic E-state index is 11.9. The molecule has 1 atom stereocenters. The first kappa shape index (κ1) is 14.6. The van der Waals surface area contributed by atoms with E-state index < -0.39 is 0 Å². The number of hydrogen-bond donors (Lipinski definition) is 2. The first-order valence-corrected chi connectivity index (χ1v) is 8.20. The predicted octanol–water partition coefficient (Wildman–Crippen LogP) is 2.51. The topological polar surface area (TPSA) is 66.9 Å². The summed E-state index contributed by atoms with van der Waals surface area (Å²) >= 11 is 3.04. The Morgan fingerprint density at radius 2 is 2.16 bits per heavy atom. The lowest BCUT2D eigenvalue weighted by molar-refractivity contribution is -0.120. The molecule has 19 heavy (non-hydrogen) atoms. The standard InChI is InChI=1S/C12H20N4OS2/c1-12(2,3)14-10-15-16-11(19-10)18-8-6-4-5-7-13-9(8)17/h8H,4-7H2,1-3H3,(H,13,17)(H,14,15). The number of carbonyl (C=O) groups is 1. The van der Waals surface area contributed by atoms with Crippen molar-refractivity contribution in [1.29, 1.82) is 0 Å². The Morgan fingerprint density at radius 1 is 1.37 bits per heavy atom. The summed E-state index contributed by atoms with van der Waals surface area (Å²) in [5, 5.41) is 15.3. The SMILES string of the molecule is CC(C)(C)Nc1nnc(SC2CCCCNC2=O)s1. The first-order chi connectivity index (χ1) is 8.94. The van der Waals surface area contributed by atoms with E-state index in [1.807, 2.05) is 0 Å². The number of amides is 1. The van der Waals surface area contributed by atoms with E-state index in [1.165, 1.54) is 23.1 Å². The van der Waals surface area contributed by atoms with Crippen molar-refractivity contribution in [3.8, 4) is 0 Å². The summed E-state index contributed by atoms with van der Waals surface area (Å²) in [7, 11) is 0. The van der Waals surface area contributed by atoms with E-state index in [2.05, 4.69) is 41.6 Å². The normalized spacial score (nSPS) is 20.8. The number of hydrogen-bond acceptors (Lipinski definition) is 6. The predicted molar refractivity (Wildman–Crippen MR) is 79.8 cm³/mol. The van der Waals surface area contributed by atoms with Gasteiger partial charge in [0.15, 0.2) is 4.34 Å². The van der Waals surface area contributed by atoms with Gasteiger partial charge in [0.1, 0.15) is 0 Å². The molecule has 1 unspecified atom stereocenters. The fraction of sp³-hybridized carbons (Fsp3) is 0.750. The van der Waals surface area contributed by atoms with Crippen molar-refractivity contribution in [1.82, 2.24) is 15.5 Å². The number of carbonyl (C=O) groups excluding carboxylic acids is 1. The second-order valence-corrected chi connectivity index (χ2v) is 8.07. The van der Waals surface area contributed by atoms with Gasteiger partial charge in [0.2, 0.25) is 11.0 Å². The molecular weight excluding hydrogens is 280 g/mol. The lowest BCUT2D eigenvalue weighted by Crippen LogP contribution is -2.30. The van der Waals surface area contributed by atoms with Crippen LogP contribution in [0.3, 0.4) is 0 Å². The number of thioether (sulfide) groups is 1. The van der Waals surface area contributed by atoms with Crippen LogP contribution in [0.1, 0.15) is 40.0 Å². The fourth-order valence-corrected chi connectivity index (χ4v) is 4.04. The van der Waals surface area contributed by atoms with Crippen LogP contribution in [0, 0.1) is 0 Å². The minimum atomic E-state index is -0.0297. The van der Waals surface area contributed by atoms with E-state index in [9.17, 15) is 4.79 Å². The second-order valence-electron chi connectivity index (χ2n) is 5.64. The summed E-state index contributed by atoms with van der Waals surface area (Å²) in [4.78, 5) is 11.9. The molecule has 1 aromatic rings. The molecule has 1 aliphatic rings. The smallest absolute Gasteiger partial charge is 0.233 e. The monoisotopic (exact) mass is 300 g/mol. The van der Waals surface area contributed by atoms with Crippen LogP contribution in [0.25, 0.3) is 0 Å². The van der Waals surface area contributed by atoms with Gasteiger partial charge in [0.05, 0.1) is 5.25 Å². The zero-order chi connectivity index (χ0) is 13.9. The van der Waals surface area contributed by atoms with Crippen LogP contribution in [0.2, 0.25) is 0 Å². The first-order valence-electron chi connectivity index (χ1n) is 6.50. The summed E-state index contributed by atoms with van der Waals surface area (Å²) in [6, 6.07) is 0. The molecule has 0 radical (unpaired) electrons. The fourth-order valence-electron chi connectivity index (χ4n) is 1.77. The molecule has 0 aliphatic carbocycles. The molecule has 1 aliphatic heterocycles. The van der Waals surface area contributed by atoms with Gasteiger partial charge < -0.3 is 10.6 Å². The van der Waals surface area contributed by atoms with Crippen molar-refractivity contribution in [3.63, 3.8) is 0 Å². The van der Waals surface area contributed by atoms with Gasteiger partial charge in [0, 0.05) is 12.1 Å². The highest BCUT2D eigenvalue weighted by Gasteiger charge is 2.23. The van der Waals surface area contributed by atoms with Crippen molar-refractivity contribution in [2.75, 3.05) is 11.9 Å².